The molecule has 4 fully saturated rings. The van der Waals surface area contributed by atoms with Crippen molar-refractivity contribution in [1.82, 2.24) is 0 Å². The average Bonchev–Trinajstić information content (AvgIpc) is 2.88. The Morgan fingerprint density at radius 1 is 1.00 bits per heavy atom. The van der Waals surface area contributed by atoms with Gasteiger partial charge in [0.05, 0.1) is 18.3 Å². The number of rotatable bonds is 1. The molecular weight excluding hydrogens is 288 g/mol. The lowest BCUT2D eigenvalue weighted by molar-refractivity contribution is -0.196. The van der Waals surface area contributed by atoms with Crippen molar-refractivity contribution in [2.75, 3.05) is 7.11 Å². The van der Waals surface area contributed by atoms with Crippen LogP contribution in [0.4, 0.5) is 0 Å². The second-order valence-corrected chi connectivity index (χ2v) is 9.68. The van der Waals surface area contributed by atoms with Gasteiger partial charge < -0.3 is 14.9 Å². The molecule has 0 aromatic rings. The van der Waals surface area contributed by atoms with Crippen molar-refractivity contribution in [2.24, 2.45) is 34.5 Å². The van der Waals surface area contributed by atoms with Crippen LogP contribution in [0.25, 0.3) is 0 Å². The highest BCUT2D eigenvalue weighted by Gasteiger charge is 2.61. The summed E-state index contributed by atoms with van der Waals surface area (Å²) in [4.78, 5) is 0. The summed E-state index contributed by atoms with van der Waals surface area (Å²) in [7, 11) is 1.73. The van der Waals surface area contributed by atoms with E-state index in [1.54, 1.807) is 7.11 Å². The predicted octanol–water partition coefficient (Wildman–Crippen LogP) is 3.38. The molecule has 3 heteroatoms. The van der Waals surface area contributed by atoms with E-state index in [4.69, 9.17) is 4.74 Å². The van der Waals surface area contributed by atoms with Crippen LogP contribution in [0.15, 0.2) is 0 Å². The molecule has 3 nitrogen and oxygen atoms in total. The minimum atomic E-state index is -0.327. The van der Waals surface area contributed by atoms with Crippen LogP contribution in [-0.2, 0) is 4.74 Å². The van der Waals surface area contributed by atoms with E-state index < -0.39 is 0 Å². The van der Waals surface area contributed by atoms with Gasteiger partial charge >= 0.3 is 0 Å². The Balaban J connectivity index is 1.67. The van der Waals surface area contributed by atoms with E-state index in [1.165, 1.54) is 32.1 Å². The third-order valence-corrected chi connectivity index (χ3v) is 8.67. The van der Waals surface area contributed by atoms with Crippen LogP contribution in [0, 0.1) is 34.5 Å². The molecule has 0 bridgehead atoms. The van der Waals surface area contributed by atoms with E-state index in [9.17, 15) is 10.2 Å². The van der Waals surface area contributed by atoms with Crippen LogP contribution in [-0.4, -0.2) is 35.6 Å². The Hall–Kier alpha value is -0.120. The summed E-state index contributed by atoms with van der Waals surface area (Å²) in [5, 5.41) is 21.5. The minimum Gasteiger partial charge on any atom is -0.393 e. The van der Waals surface area contributed by atoms with Gasteiger partial charge in [0, 0.05) is 7.11 Å². The standard InChI is InChI=1S/C20H34O3/c1-19-8-4-5-14(19)13-7-6-12-9-15(21)17(23-3)11-20(12,2)18(13)16(22)10-19/h12-18,21-22H,4-11H2,1-3H3/t12?,13-,14?,15-,16-,17-,18+,19-,20-/m0/s1. The quantitative estimate of drug-likeness (QED) is 0.778. The summed E-state index contributed by atoms with van der Waals surface area (Å²) in [5.74, 6) is 2.44. The molecular formula is C20H34O3. The largest absolute Gasteiger partial charge is 0.393 e. The predicted molar refractivity (Wildman–Crippen MR) is 89.9 cm³/mol. The van der Waals surface area contributed by atoms with Crippen LogP contribution < -0.4 is 0 Å². The number of aliphatic hydroxyl groups is 2. The van der Waals surface area contributed by atoms with Crippen molar-refractivity contribution in [3.05, 3.63) is 0 Å². The van der Waals surface area contributed by atoms with Crippen molar-refractivity contribution in [3.8, 4) is 0 Å². The smallest absolute Gasteiger partial charge is 0.0835 e. The fourth-order valence-corrected chi connectivity index (χ4v) is 7.63. The summed E-state index contributed by atoms with van der Waals surface area (Å²) in [6.45, 7) is 4.83. The maximum absolute atomic E-state index is 11.1. The third-order valence-electron chi connectivity index (χ3n) is 8.67. The lowest BCUT2D eigenvalue weighted by atomic mass is 9.44. The number of methoxy groups -OCH3 is 1. The maximum atomic E-state index is 11.1. The Bertz CT molecular complexity index is 466. The Morgan fingerprint density at radius 2 is 1.78 bits per heavy atom. The molecule has 0 aromatic heterocycles. The molecule has 0 radical (unpaired) electrons. The average molecular weight is 322 g/mol. The number of ether oxygens (including phenoxy) is 1. The van der Waals surface area contributed by atoms with Crippen molar-refractivity contribution in [3.63, 3.8) is 0 Å². The first kappa shape index (κ1) is 16.4. The van der Waals surface area contributed by atoms with Gasteiger partial charge in [0.15, 0.2) is 0 Å². The van der Waals surface area contributed by atoms with Crippen molar-refractivity contribution in [2.45, 2.75) is 83.5 Å². The first-order chi connectivity index (χ1) is 10.9. The molecule has 4 rings (SSSR count). The normalized spacial score (nSPS) is 59.1. The van der Waals surface area contributed by atoms with Gasteiger partial charge in [-0.3, -0.25) is 0 Å². The molecule has 23 heavy (non-hydrogen) atoms. The molecule has 0 aromatic carbocycles. The highest BCUT2D eigenvalue weighted by atomic mass is 16.5. The minimum absolute atomic E-state index is 0.0564. The van der Waals surface area contributed by atoms with Gasteiger partial charge in [0.25, 0.3) is 0 Å². The Morgan fingerprint density at radius 3 is 2.52 bits per heavy atom. The first-order valence-corrected chi connectivity index (χ1v) is 9.78. The number of aliphatic hydroxyl groups excluding tert-OH is 2. The summed E-state index contributed by atoms with van der Waals surface area (Å²) >= 11 is 0. The third kappa shape index (κ3) is 2.26. The van der Waals surface area contributed by atoms with E-state index in [2.05, 4.69) is 13.8 Å². The number of hydrogen-bond acceptors (Lipinski definition) is 3. The molecule has 0 saturated heterocycles. The van der Waals surface area contributed by atoms with E-state index in [1.807, 2.05) is 0 Å². The monoisotopic (exact) mass is 322 g/mol. The van der Waals surface area contributed by atoms with Crippen LogP contribution >= 0.6 is 0 Å². The van der Waals surface area contributed by atoms with Gasteiger partial charge in [-0.05, 0) is 79.4 Å². The number of hydrogen-bond donors (Lipinski definition) is 2. The molecule has 0 aliphatic heterocycles. The molecule has 4 saturated carbocycles. The topological polar surface area (TPSA) is 49.7 Å². The Labute approximate surface area is 140 Å². The fraction of sp³-hybridized carbons (Fsp3) is 1.00. The lowest BCUT2D eigenvalue weighted by Crippen LogP contribution is -2.60. The van der Waals surface area contributed by atoms with E-state index in [-0.39, 0.29) is 23.7 Å². The van der Waals surface area contributed by atoms with Crippen molar-refractivity contribution >= 4 is 0 Å². The molecule has 0 amide bonds. The summed E-state index contributed by atoms with van der Waals surface area (Å²) in [6.07, 6.45) is 8.70. The molecule has 2 N–H and O–H groups in total. The zero-order valence-corrected chi connectivity index (χ0v) is 15.0. The highest BCUT2D eigenvalue weighted by Crippen LogP contribution is 2.66. The van der Waals surface area contributed by atoms with Crippen LogP contribution in [0.3, 0.4) is 0 Å². The maximum Gasteiger partial charge on any atom is 0.0835 e. The summed E-state index contributed by atoms with van der Waals surface area (Å²) in [5.41, 5.74) is 0.505. The van der Waals surface area contributed by atoms with Gasteiger partial charge in [-0.25, -0.2) is 0 Å². The molecule has 0 heterocycles. The van der Waals surface area contributed by atoms with E-state index >= 15 is 0 Å². The van der Waals surface area contributed by atoms with Crippen LogP contribution in [0.1, 0.15) is 65.2 Å². The van der Waals surface area contributed by atoms with Crippen molar-refractivity contribution < 1.29 is 14.9 Å². The van der Waals surface area contributed by atoms with E-state index in [0.717, 1.165) is 25.2 Å². The van der Waals surface area contributed by atoms with Gasteiger partial charge in [-0.2, -0.15) is 0 Å². The second kappa shape index (κ2) is 5.44. The number of fused-ring (bicyclic) bond motifs is 5. The SMILES string of the molecule is CO[C@H]1C[C@@]2(C)C(CC[C@H]3C4CCC[C@@]4(C)C[C@H](O)[C@@H]32)C[C@@H]1O. The highest BCUT2D eigenvalue weighted by molar-refractivity contribution is 5.11. The zero-order valence-electron chi connectivity index (χ0n) is 15.0. The molecule has 2 unspecified atom stereocenters. The van der Waals surface area contributed by atoms with Gasteiger partial charge in [0.1, 0.15) is 0 Å². The second-order valence-electron chi connectivity index (χ2n) is 9.68. The van der Waals surface area contributed by atoms with E-state index in [0.29, 0.717) is 23.2 Å². The lowest BCUT2D eigenvalue weighted by Gasteiger charge is -2.62. The molecule has 0 spiro atoms. The van der Waals surface area contributed by atoms with Crippen LogP contribution in [0.5, 0.6) is 0 Å². The van der Waals surface area contributed by atoms with Gasteiger partial charge in [-0.15, -0.1) is 0 Å². The molecule has 4 aliphatic rings. The fourth-order valence-electron chi connectivity index (χ4n) is 7.63. The first-order valence-electron chi connectivity index (χ1n) is 9.78. The zero-order chi connectivity index (χ0) is 16.4. The summed E-state index contributed by atoms with van der Waals surface area (Å²) < 4.78 is 5.61. The molecule has 4 aliphatic carbocycles. The molecule has 9 atom stereocenters. The Kier molecular flexibility index (Phi) is 3.87. The van der Waals surface area contributed by atoms with Crippen molar-refractivity contribution in [1.29, 1.82) is 0 Å². The van der Waals surface area contributed by atoms with Crippen LogP contribution in [0.2, 0.25) is 0 Å². The van der Waals surface area contributed by atoms with Gasteiger partial charge in [0.2, 0.25) is 0 Å². The molecule has 132 valence electrons. The van der Waals surface area contributed by atoms with Gasteiger partial charge in [-0.1, -0.05) is 20.3 Å². The summed E-state index contributed by atoms with van der Waals surface area (Å²) in [6, 6.07) is 0.